The number of hydrogen-bond acceptors (Lipinski definition) is 7. The average Bonchev–Trinajstić information content (AvgIpc) is 2.58. The lowest BCUT2D eigenvalue weighted by Crippen LogP contribution is -2.38. The number of nitrogens with zero attached hydrogens (tertiary/aromatic N) is 2. The van der Waals surface area contributed by atoms with E-state index in [0.717, 1.165) is 7.11 Å². The minimum atomic E-state index is -0.863. The summed E-state index contributed by atoms with van der Waals surface area (Å²) in [6.07, 6.45) is 0. The molecular weight excluding hydrogens is 316 g/mol. The first-order valence-electron chi connectivity index (χ1n) is 7.24. The van der Waals surface area contributed by atoms with Crippen LogP contribution in [0.1, 0.15) is 30.0 Å². The number of carbonyl (C=O) groups excluding carboxylic acids is 2. The van der Waals surface area contributed by atoms with Gasteiger partial charge in [-0.2, -0.15) is 4.73 Å². The molecule has 1 aromatic heterocycles. The third kappa shape index (κ3) is 3.37. The Kier molecular flexibility index (Phi) is 5.18. The number of benzene rings is 1. The molecule has 0 aliphatic carbocycles. The molecule has 0 saturated carbocycles. The first-order valence-corrected chi connectivity index (χ1v) is 7.24. The van der Waals surface area contributed by atoms with Gasteiger partial charge in [0.2, 0.25) is 5.52 Å². The molecule has 1 heterocycles. The van der Waals surface area contributed by atoms with E-state index in [9.17, 15) is 14.8 Å². The van der Waals surface area contributed by atoms with Crippen LogP contribution in [-0.4, -0.2) is 31.1 Å². The van der Waals surface area contributed by atoms with Gasteiger partial charge in [-0.25, -0.2) is 9.78 Å². The van der Waals surface area contributed by atoms with Crippen LogP contribution in [0.5, 0.6) is 5.75 Å². The first kappa shape index (κ1) is 17.5. The predicted octanol–water partition coefficient (Wildman–Crippen LogP) is 1.36. The van der Waals surface area contributed by atoms with Gasteiger partial charge in [0, 0.05) is 0 Å². The highest BCUT2D eigenvalue weighted by molar-refractivity contribution is 5.88. The lowest BCUT2D eigenvalue weighted by atomic mass is 10.2. The van der Waals surface area contributed by atoms with Gasteiger partial charge in [-0.15, -0.1) is 0 Å². The molecular formula is C16H18N2O6. The number of rotatable bonds is 5. The fraction of sp³-hybridized carbons (Fsp3) is 0.375. The molecule has 0 radical (unpaired) electrons. The molecule has 1 aromatic carbocycles. The second kappa shape index (κ2) is 7.12. The standard InChI is InChI=1S/C16H18N2O6/c1-9(2)15(19)24-8-12-14(16(20)23-4)18(21)13-7-10(22-3)5-6-11(13)17-12/h5-7,9H,8H2,1-4H3. The molecule has 0 aliphatic heterocycles. The van der Waals surface area contributed by atoms with E-state index < -0.39 is 11.9 Å². The maximum atomic E-state index is 12.6. The highest BCUT2D eigenvalue weighted by Gasteiger charge is 2.28. The van der Waals surface area contributed by atoms with E-state index in [1.165, 1.54) is 13.2 Å². The lowest BCUT2D eigenvalue weighted by molar-refractivity contribution is -0.581. The number of methoxy groups -OCH3 is 2. The average molecular weight is 334 g/mol. The summed E-state index contributed by atoms with van der Waals surface area (Å²) in [7, 11) is 2.62. The van der Waals surface area contributed by atoms with Crippen molar-refractivity contribution in [2.45, 2.75) is 20.5 Å². The molecule has 8 nitrogen and oxygen atoms in total. The smallest absolute Gasteiger partial charge is 0.406 e. The normalized spacial score (nSPS) is 10.7. The fourth-order valence-corrected chi connectivity index (χ4v) is 2.03. The second-order valence-electron chi connectivity index (χ2n) is 5.31. The number of carbonyl (C=O) groups is 2. The highest BCUT2D eigenvalue weighted by atomic mass is 16.5. The van der Waals surface area contributed by atoms with Crippen molar-refractivity contribution in [1.82, 2.24) is 4.98 Å². The molecule has 0 saturated heterocycles. The Morgan fingerprint density at radius 3 is 2.58 bits per heavy atom. The summed E-state index contributed by atoms with van der Waals surface area (Å²) in [5.74, 6) is -1.21. The van der Waals surface area contributed by atoms with E-state index in [-0.39, 0.29) is 29.4 Å². The van der Waals surface area contributed by atoms with Crippen molar-refractivity contribution in [1.29, 1.82) is 0 Å². The molecule has 0 aliphatic rings. The van der Waals surface area contributed by atoms with Crippen LogP contribution in [-0.2, 0) is 20.9 Å². The maximum Gasteiger partial charge on any atom is 0.406 e. The zero-order chi connectivity index (χ0) is 17.9. The molecule has 0 amide bonds. The first-order chi connectivity index (χ1) is 11.4. The van der Waals surface area contributed by atoms with Crippen molar-refractivity contribution in [3.05, 3.63) is 34.8 Å². The molecule has 0 bridgehead atoms. The highest BCUT2D eigenvalue weighted by Crippen LogP contribution is 2.19. The van der Waals surface area contributed by atoms with Crippen LogP contribution in [0.2, 0.25) is 0 Å². The van der Waals surface area contributed by atoms with E-state index in [4.69, 9.17) is 9.47 Å². The Balaban J connectivity index is 2.55. The van der Waals surface area contributed by atoms with Gasteiger partial charge in [-0.1, -0.05) is 13.8 Å². The molecule has 2 aromatic rings. The van der Waals surface area contributed by atoms with Crippen molar-refractivity contribution in [2.75, 3.05) is 14.2 Å². The van der Waals surface area contributed by atoms with Crippen LogP contribution >= 0.6 is 0 Å². The zero-order valence-electron chi connectivity index (χ0n) is 13.9. The summed E-state index contributed by atoms with van der Waals surface area (Å²) in [6, 6.07) is 4.68. The molecule has 128 valence electrons. The van der Waals surface area contributed by atoms with E-state index in [0.29, 0.717) is 16.0 Å². The van der Waals surface area contributed by atoms with Crippen molar-refractivity contribution in [2.24, 2.45) is 5.92 Å². The third-order valence-corrected chi connectivity index (χ3v) is 3.33. The Morgan fingerprint density at radius 2 is 2.00 bits per heavy atom. The van der Waals surface area contributed by atoms with Gasteiger partial charge in [0.1, 0.15) is 17.9 Å². The summed E-state index contributed by atoms with van der Waals surface area (Å²) >= 11 is 0. The Labute approximate surface area is 138 Å². The van der Waals surface area contributed by atoms with Crippen LogP contribution in [0.4, 0.5) is 0 Å². The number of aromatic nitrogens is 2. The number of hydrogen-bond donors (Lipinski definition) is 0. The van der Waals surface area contributed by atoms with Gasteiger partial charge in [-0.3, -0.25) is 4.79 Å². The monoisotopic (exact) mass is 334 g/mol. The number of esters is 2. The van der Waals surface area contributed by atoms with Crippen LogP contribution in [0, 0.1) is 11.1 Å². The van der Waals surface area contributed by atoms with Crippen LogP contribution < -0.4 is 9.47 Å². The molecule has 0 atom stereocenters. The molecule has 24 heavy (non-hydrogen) atoms. The van der Waals surface area contributed by atoms with Gasteiger partial charge in [0.25, 0.3) is 0 Å². The Morgan fingerprint density at radius 1 is 1.29 bits per heavy atom. The Bertz CT molecular complexity index is 788. The quantitative estimate of drug-likeness (QED) is 0.462. The van der Waals surface area contributed by atoms with Gasteiger partial charge in [-0.05, 0) is 12.1 Å². The Hall–Kier alpha value is -2.90. The predicted molar refractivity (Wildman–Crippen MR) is 83.2 cm³/mol. The van der Waals surface area contributed by atoms with Gasteiger partial charge in [0.15, 0.2) is 5.69 Å². The van der Waals surface area contributed by atoms with E-state index in [1.807, 2.05) is 0 Å². The van der Waals surface area contributed by atoms with Crippen molar-refractivity contribution in [3.63, 3.8) is 0 Å². The minimum Gasteiger partial charge on any atom is -0.618 e. The van der Waals surface area contributed by atoms with Crippen LogP contribution in [0.25, 0.3) is 11.0 Å². The molecule has 0 spiro atoms. The van der Waals surface area contributed by atoms with Crippen molar-refractivity contribution >= 4 is 23.0 Å². The SMILES string of the molecule is COC(=O)c1c(COC(=O)C(C)C)nc2ccc(OC)cc2[n+]1[O-]. The lowest BCUT2D eigenvalue weighted by Gasteiger charge is -2.12. The molecule has 0 unspecified atom stereocenters. The van der Waals surface area contributed by atoms with Crippen molar-refractivity contribution < 1.29 is 28.5 Å². The number of fused-ring (bicyclic) bond motifs is 1. The fourth-order valence-electron chi connectivity index (χ4n) is 2.03. The van der Waals surface area contributed by atoms with Gasteiger partial charge >= 0.3 is 17.6 Å². The second-order valence-corrected chi connectivity index (χ2v) is 5.31. The molecule has 2 rings (SSSR count). The van der Waals surface area contributed by atoms with E-state index in [1.54, 1.807) is 26.0 Å². The van der Waals surface area contributed by atoms with Gasteiger partial charge in [0.05, 0.1) is 26.2 Å². The van der Waals surface area contributed by atoms with Crippen LogP contribution in [0.3, 0.4) is 0 Å². The zero-order valence-corrected chi connectivity index (χ0v) is 13.9. The molecule has 0 N–H and O–H groups in total. The summed E-state index contributed by atoms with van der Waals surface area (Å²) < 4.78 is 15.2. The third-order valence-electron chi connectivity index (χ3n) is 3.33. The molecule has 0 fully saturated rings. The number of ether oxygens (including phenoxy) is 3. The minimum absolute atomic E-state index is 0.0310. The largest absolute Gasteiger partial charge is 0.618 e. The van der Waals surface area contributed by atoms with E-state index in [2.05, 4.69) is 9.72 Å². The summed E-state index contributed by atoms with van der Waals surface area (Å²) in [5, 5.41) is 12.6. The molecule has 8 heteroatoms. The maximum absolute atomic E-state index is 12.6. The van der Waals surface area contributed by atoms with Crippen LogP contribution in [0.15, 0.2) is 18.2 Å². The topological polar surface area (TPSA) is 102 Å². The summed E-state index contributed by atoms with van der Waals surface area (Å²) in [4.78, 5) is 27.9. The van der Waals surface area contributed by atoms with E-state index >= 15 is 0 Å². The van der Waals surface area contributed by atoms with Gasteiger partial charge < -0.3 is 19.4 Å². The van der Waals surface area contributed by atoms with Crippen molar-refractivity contribution in [3.8, 4) is 5.75 Å². The summed E-state index contributed by atoms with van der Waals surface area (Å²) in [6.45, 7) is 3.06. The summed E-state index contributed by atoms with van der Waals surface area (Å²) in [5.41, 5.74) is 0.195.